The molecule has 1 atom stereocenters. The largest absolute Gasteiger partial charge is 0.377 e. The lowest BCUT2D eigenvalue weighted by Gasteiger charge is -2.33. The average molecular weight is 239 g/mol. The molecule has 1 aromatic rings. The zero-order chi connectivity index (χ0) is 12.9. The predicted octanol–water partition coefficient (Wildman–Crippen LogP) is 0.646. The molecule has 1 rings (SSSR count). The first kappa shape index (κ1) is 13.9. The van der Waals surface area contributed by atoms with Crippen molar-refractivity contribution in [1.29, 1.82) is 0 Å². The van der Waals surface area contributed by atoms with E-state index in [4.69, 9.17) is 4.74 Å². The standard InChI is InChI=1S/C12H21N3O2/c1-5-13-10(12(2,3)17-4)9-15-8-6-7-14-11(15)16/h6-8,10,13H,5,9H2,1-4H3. The number of hydrogen-bond donors (Lipinski definition) is 1. The zero-order valence-corrected chi connectivity index (χ0v) is 10.9. The number of nitrogens with one attached hydrogen (secondary N) is 1. The van der Waals surface area contributed by atoms with Gasteiger partial charge in [-0.1, -0.05) is 6.92 Å². The fourth-order valence-electron chi connectivity index (χ4n) is 1.64. The monoisotopic (exact) mass is 239 g/mol. The molecule has 0 fully saturated rings. The molecule has 0 aliphatic carbocycles. The Morgan fingerprint density at radius 2 is 2.29 bits per heavy atom. The predicted molar refractivity (Wildman–Crippen MR) is 67.0 cm³/mol. The van der Waals surface area contributed by atoms with Crippen molar-refractivity contribution < 1.29 is 4.74 Å². The molecule has 0 radical (unpaired) electrons. The summed E-state index contributed by atoms with van der Waals surface area (Å²) in [5.74, 6) is 0. The Morgan fingerprint density at radius 3 is 2.82 bits per heavy atom. The molecule has 0 aromatic carbocycles. The Morgan fingerprint density at radius 1 is 1.59 bits per heavy atom. The molecule has 96 valence electrons. The van der Waals surface area contributed by atoms with Crippen molar-refractivity contribution in [2.75, 3.05) is 13.7 Å². The van der Waals surface area contributed by atoms with Crippen molar-refractivity contribution in [3.05, 3.63) is 28.9 Å². The van der Waals surface area contributed by atoms with Gasteiger partial charge in [0.15, 0.2) is 0 Å². The number of methoxy groups -OCH3 is 1. The molecule has 0 spiro atoms. The fraction of sp³-hybridized carbons (Fsp3) is 0.667. The number of likely N-dealkylation sites (N-methyl/N-ethyl adjacent to an activating group) is 1. The van der Waals surface area contributed by atoms with Gasteiger partial charge < -0.3 is 10.1 Å². The molecule has 0 saturated heterocycles. The summed E-state index contributed by atoms with van der Waals surface area (Å²) < 4.78 is 7.06. The van der Waals surface area contributed by atoms with Gasteiger partial charge in [0.05, 0.1) is 11.6 Å². The number of nitrogens with zero attached hydrogens (tertiary/aromatic N) is 2. The smallest absolute Gasteiger partial charge is 0.347 e. The minimum Gasteiger partial charge on any atom is -0.377 e. The lowest BCUT2D eigenvalue weighted by atomic mass is 9.98. The van der Waals surface area contributed by atoms with Gasteiger partial charge in [0, 0.05) is 26.0 Å². The van der Waals surface area contributed by atoms with Gasteiger partial charge in [-0.05, 0) is 26.5 Å². The van der Waals surface area contributed by atoms with E-state index >= 15 is 0 Å². The summed E-state index contributed by atoms with van der Waals surface area (Å²) in [6.45, 7) is 7.40. The molecule has 0 saturated carbocycles. The van der Waals surface area contributed by atoms with Crippen LogP contribution in [-0.2, 0) is 11.3 Å². The molecule has 0 aliphatic heterocycles. The van der Waals surface area contributed by atoms with Crippen LogP contribution >= 0.6 is 0 Å². The molecular formula is C12H21N3O2. The van der Waals surface area contributed by atoms with Crippen LogP contribution in [0.2, 0.25) is 0 Å². The van der Waals surface area contributed by atoms with Crippen molar-refractivity contribution in [3.8, 4) is 0 Å². The summed E-state index contributed by atoms with van der Waals surface area (Å²) in [4.78, 5) is 15.3. The van der Waals surface area contributed by atoms with Crippen LogP contribution in [0.3, 0.4) is 0 Å². The van der Waals surface area contributed by atoms with E-state index in [1.165, 1.54) is 6.20 Å². The van der Waals surface area contributed by atoms with E-state index < -0.39 is 0 Å². The summed E-state index contributed by atoms with van der Waals surface area (Å²) in [5.41, 5.74) is -0.576. The molecule has 1 N–H and O–H groups in total. The first-order valence-corrected chi connectivity index (χ1v) is 5.81. The highest BCUT2D eigenvalue weighted by Crippen LogP contribution is 2.14. The molecule has 1 heterocycles. The highest BCUT2D eigenvalue weighted by atomic mass is 16.5. The molecule has 5 nitrogen and oxygen atoms in total. The van der Waals surface area contributed by atoms with Crippen LogP contribution in [0.1, 0.15) is 20.8 Å². The molecule has 5 heteroatoms. The highest BCUT2D eigenvalue weighted by molar-refractivity contribution is 4.89. The summed E-state index contributed by atoms with van der Waals surface area (Å²) in [6.07, 6.45) is 3.24. The molecule has 17 heavy (non-hydrogen) atoms. The molecule has 0 aliphatic rings. The number of aromatic nitrogens is 2. The van der Waals surface area contributed by atoms with Gasteiger partial charge in [-0.15, -0.1) is 0 Å². The maximum atomic E-state index is 11.6. The number of rotatable bonds is 6. The zero-order valence-electron chi connectivity index (χ0n) is 10.9. The maximum absolute atomic E-state index is 11.6. The van der Waals surface area contributed by atoms with Gasteiger partial charge in [0.1, 0.15) is 0 Å². The SMILES string of the molecule is CCNC(Cn1cccnc1=O)C(C)(C)OC. The Bertz CT molecular complexity index is 401. The van der Waals surface area contributed by atoms with Crippen molar-refractivity contribution in [1.82, 2.24) is 14.9 Å². The normalized spacial score (nSPS) is 13.6. The third kappa shape index (κ3) is 3.64. The van der Waals surface area contributed by atoms with E-state index in [0.29, 0.717) is 6.54 Å². The van der Waals surface area contributed by atoms with Crippen LogP contribution in [0.15, 0.2) is 23.3 Å². The Kier molecular flexibility index (Phi) is 4.84. The minimum absolute atomic E-state index is 0.0550. The van der Waals surface area contributed by atoms with Gasteiger partial charge in [-0.2, -0.15) is 0 Å². The second kappa shape index (κ2) is 5.93. The maximum Gasteiger partial charge on any atom is 0.347 e. The third-order valence-electron chi connectivity index (χ3n) is 2.98. The van der Waals surface area contributed by atoms with Gasteiger partial charge in [0.2, 0.25) is 0 Å². The van der Waals surface area contributed by atoms with Crippen LogP contribution < -0.4 is 11.0 Å². The van der Waals surface area contributed by atoms with Crippen LogP contribution in [0, 0.1) is 0 Å². The summed E-state index contributed by atoms with van der Waals surface area (Å²) >= 11 is 0. The number of hydrogen-bond acceptors (Lipinski definition) is 4. The highest BCUT2D eigenvalue weighted by Gasteiger charge is 2.29. The Hall–Kier alpha value is -1.20. The van der Waals surface area contributed by atoms with Crippen LogP contribution in [-0.4, -0.2) is 34.8 Å². The molecule has 0 bridgehead atoms. The van der Waals surface area contributed by atoms with Crippen molar-refractivity contribution in [2.45, 2.75) is 39.0 Å². The average Bonchev–Trinajstić information content (AvgIpc) is 2.31. The van der Waals surface area contributed by atoms with E-state index in [0.717, 1.165) is 6.54 Å². The van der Waals surface area contributed by atoms with Crippen molar-refractivity contribution >= 4 is 0 Å². The summed E-state index contributed by atoms with van der Waals surface area (Å²) in [7, 11) is 1.68. The quantitative estimate of drug-likeness (QED) is 0.792. The topological polar surface area (TPSA) is 56.2 Å². The van der Waals surface area contributed by atoms with Crippen molar-refractivity contribution in [2.24, 2.45) is 0 Å². The molecule has 0 amide bonds. The fourth-order valence-corrected chi connectivity index (χ4v) is 1.64. The van der Waals surface area contributed by atoms with Gasteiger partial charge in [-0.25, -0.2) is 9.78 Å². The molecule has 1 aromatic heterocycles. The Balaban J connectivity index is 2.88. The van der Waals surface area contributed by atoms with E-state index in [1.807, 2.05) is 20.8 Å². The van der Waals surface area contributed by atoms with Gasteiger partial charge in [0.25, 0.3) is 0 Å². The minimum atomic E-state index is -0.342. The van der Waals surface area contributed by atoms with E-state index in [9.17, 15) is 4.79 Å². The lowest BCUT2D eigenvalue weighted by molar-refractivity contribution is -0.0148. The van der Waals surface area contributed by atoms with E-state index in [1.54, 1.807) is 23.9 Å². The molecule has 1 unspecified atom stereocenters. The van der Waals surface area contributed by atoms with Crippen molar-refractivity contribution in [3.63, 3.8) is 0 Å². The van der Waals surface area contributed by atoms with E-state index in [-0.39, 0.29) is 17.3 Å². The molecular weight excluding hydrogens is 218 g/mol. The van der Waals surface area contributed by atoms with Crippen LogP contribution in [0.4, 0.5) is 0 Å². The van der Waals surface area contributed by atoms with Crippen LogP contribution in [0.25, 0.3) is 0 Å². The first-order chi connectivity index (χ1) is 8.01. The first-order valence-electron chi connectivity index (χ1n) is 5.81. The second-order valence-electron chi connectivity index (χ2n) is 4.47. The third-order valence-corrected chi connectivity index (χ3v) is 2.98. The second-order valence-corrected chi connectivity index (χ2v) is 4.47. The van der Waals surface area contributed by atoms with Crippen LogP contribution in [0.5, 0.6) is 0 Å². The van der Waals surface area contributed by atoms with E-state index in [2.05, 4.69) is 10.3 Å². The van der Waals surface area contributed by atoms with Gasteiger partial charge in [-0.3, -0.25) is 4.57 Å². The number of ether oxygens (including phenoxy) is 1. The Labute approximate surface area is 102 Å². The summed E-state index contributed by atoms with van der Waals surface area (Å²) in [6, 6.07) is 1.81. The lowest BCUT2D eigenvalue weighted by Crippen LogP contribution is -2.51. The summed E-state index contributed by atoms with van der Waals surface area (Å²) in [5, 5.41) is 3.34. The van der Waals surface area contributed by atoms with Gasteiger partial charge >= 0.3 is 5.69 Å².